The van der Waals surface area contributed by atoms with E-state index in [-0.39, 0.29) is 0 Å². The fraction of sp³-hybridized carbons (Fsp3) is 0.522. The van der Waals surface area contributed by atoms with Crippen molar-refractivity contribution in [2.24, 2.45) is 5.92 Å². The summed E-state index contributed by atoms with van der Waals surface area (Å²) in [4.78, 5) is 9.70. The van der Waals surface area contributed by atoms with E-state index in [9.17, 15) is 0 Å². The van der Waals surface area contributed by atoms with Crippen LogP contribution in [-0.2, 0) is 13.0 Å². The van der Waals surface area contributed by atoms with Gasteiger partial charge in [0.15, 0.2) is 0 Å². The van der Waals surface area contributed by atoms with Gasteiger partial charge in [-0.1, -0.05) is 18.2 Å². The second kappa shape index (κ2) is 9.86. The first-order valence-corrected chi connectivity index (χ1v) is 10.1. The molecule has 0 saturated carbocycles. The van der Waals surface area contributed by atoms with Crippen molar-refractivity contribution in [1.29, 1.82) is 0 Å². The molecule has 1 aliphatic rings. The van der Waals surface area contributed by atoms with E-state index in [0.717, 1.165) is 43.4 Å². The summed E-state index contributed by atoms with van der Waals surface area (Å²) in [5, 5.41) is 0. The first-order chi connectivity index (χ1) is 13.1. The fourth-order valence-corrected chi connectivity index (χ4v) is 4.05. The van der Waals surface area contributed by atoms with Gasteiger partial charge in [-0.3, -0.25) is 4.98 Å². The molecule has 2 heterocycles. The van der Waals surface area contributed by atoms with E-state index in [1.807, 2.05) is 0 Å². The molecule has 0 bridgehead atoms. The summed E-state index contributed by atoms with van der Waals surface area (Å²) in [7, 11) is 3.94. The number of ether oxygens (including phenoxy) is 1. The van der Waals surface area contributed by atoms with Crippen molar-refractivity contribution in [1.82, 2.24) is 14.8 Å². The van der Waals surface area contributed by atoms with Crippen LogP contribution in [0.1, 0.15) is 29.8 Å². The Hall–Kier alpha value is -1.91. The van der Waals surface area contributed by atoms with Crippen molar-refractivity contribution in [3.63, 3.8) is 0 Å². The summed E-state index contributed by atoms with van der Waals surface area (Å²) in [5.74, 6) is 1.69. The standard InChI is InChI=1S/C23H33N3O/c1-19-6-4-8-22(24-19)18-25(2)16-21-7-5-14-26(17-21)15-13-20-9-11-23(27-3)12-10-20/h4,6,8-12,21H,5,7,13-18H2,1-3H3. The van der Waals surface area contributed by atoms with Crippen molar-refractivity contribution in [3.05, 3.63) is 59.4 Å². The number of aromatic nitrogens is 1. The van der Waals surface area contributed by atoms with Crippen LogP contribution < -0.4 is 4.74 Å². The van der Waals surface area contributed by atoms with Crippen LogP contribution in [-0.4, -0.2) is 55.1 Å². The van der Waals surface area contributed by atoms with Crippen LogP contribution in [0, 0.1) is 12.8 Å². The molecule has 4 nitrogen and oxygen atoms in total. The zero-order valence-electron chi connectivity index (χ0n) is 17.0. The molecule has 27 heavy (non-hydrogen) atoms. The Balaban J connectivity index is 1.44. The number of pyridine rings is 1. The number of aryl methyl sites for hydroxylation is 1. The Bertz CT molecular complexity index is 701. The van der Waals surface area contributed by atoms with Gasteiger partial charge in [-0.2, -0.15) is 0 Å². The summed E-state index contributed by atoms with van der Waals surface area (Å²) in [6.07, 6.45) is 3.76. The van der Waals surface area contributed by atoms with Crippen LogP contribution in [0.3, 0.4) is 0 Å². The molecule has 1 fully saturated rings. The van der Waals surface area contributed by atoms with Crippen molar-refractivity contribution >= 4 is 0 Å². The largest absolute Gasteiger partial charge is 0.497 e. The minimum Gasteiger partial charge on any atom is -0.497 e. The number of methoxy groups -OCH3 is 1. The monoisotopic (exact) mass is 367 g/mol. The number of likely N-dealkylation sites (tertiary alicyclic amines) is 1. The molecule has 1 aromatic carbocycles. The van der Waals surface area contributed by atoms with Gasteiger partial charge < -0.3 is 14.5 Å². The fourth-order valence-electron chi connectivity index (χ4n) is 4.05. The maximum atomic E-state index is 5.24. The minimum absolute atomic E-state index is 0.754. The maximum Gasteiger partial charge on any atom is 0.118 e. The van der Waals surface area contributed by atoms with Gasteiger partial charge in [0.05, 0.1) is 12.8 Å². The Morgan fingerprint density at radius 3 is 2.74 bits per heavy atom. The molecular formula is C23H33N3O. The molecule has 0 aliphatic carbocycles. The summed E-state index contributed by atoms with van der Waals surface area (Å²) < 4.78 is 5.24. The second-order valence-corrected chi connectivity index (χ2v) is 7.87. The van der Waals surface area contributed by atoms with Gasteiger partial charge in [-0.15, -0.1) is 0 Å². The highest BCUT2D eigenvalue weighted by atomic mass is 16.5. The molecule has 4 heteroatoms. The predicted octanol–water partition coefficient (Wildman–Crippen LogP) is 3.79. The molecule has 1 saturated heterocycles. The van der Waals surface area contributed by atoms with Gasteiger partial charge in [0.2, 0.25) is 0 Å². The van der Waals surface area contributed by atoms with Gasteiger partial charge in [0, 0.05) is 31.9 Å². The van der Waals surface area contributed by atoms with Crippen molar-refractivity contribution in [2.75, 3.05) is 40.3 Å². The zero-order valence-corrected chi connectivity index (χ0v) is 17.0. The number of nitrogens with zero attached hydrogens (tertiary/aromatic N) is 3. The quantitative estimate of drug-likeness (QED) is 0.710. The Labute approximate surface area is 164 Å². The van der Waals surface area contributed by atoms with E-state index in [0.29, 0.717) is 0 Å². The number of piperidine rings is 1. The molecule has 0 N–H and O–H groups in total. The second-order valence-electron chi connectivity index (χ2n) is 7.87. The van der Waals surface area contributed by atoms with Crippen LogP contribution in [0.4, 0.5) is 0 Å². The first kappa shape index (κ1) is 19.8. The SMILES string of the molecule is COc1ccc(CCN2CCCC(CN(C)Cc3cccc(C)n3)C2)cc1. The predicted molar refractivity (Wildman–Crippen MR) is 111 cm³/mol. The molecule has 0 amide bonds. The highest BCUT2D eigenvalue weighted by Crippen LogP contribution is 2.19. The summed E-state index contributed by atoms with van der Waals surface area (Å²) in [6, 6.07) is 14.8. The number of hydrogen-bond donors (Lipinski definition) is 0. The van der Waals surface area contributed by atoms with Crippen LogP contribution >= 0.6 is 0 Å². The van der Waals surface area contributed by atoms with Crippen LogP contribution in [0.5, 0.6) is 5.75 Å². The van der Waals surface area contributed by atoms with E-state index >= 15 is 0 Å². The van der Waals surface area contributed by atoms with Gasteiger partial charge >= 0.3 is 0 Å². The Kier molecular flexibility index (Phi) is 7.25. The third kappa shape index (κ3) is 6.33. The van der Waals surface area contributed by atoms with Crippen LogP contribution in [0.2, 0.25) is 0 Å². The molecule has 1 unspecified atom stereocenters. The van der Waals surface area contributed by atoms with E-state index < -0.39 is 0 Å². The van der Waals surface area contributed by atoms with E-state index in [1.165, 1.54) is 37.2 Å². The van der Waals surface area contributed by atoms with Crippen LogP contribution in [0.25, 0.3) is 0 Å². The van der Waals surface area contributed by atoms with Gasteiger partial charge in [0.25, 0.3) is 0 Å². The van der Waals surface area contributed by atoms with Crippen molar-refractivity contribution < 1.29 is 4.74 Å². The third-order valence-electron chi connectivity index (χ3n) is 5.43. The Morgan fingerprint density at radius 2 is 2.00 bits per heavy atom. The molecule has 1 aliphatic heterocycles. The lowest BCUT2D eigenvalue weighted by molar-refractivity contribution is 0.142. The molecule has 1 atom stereocenters. The van der Waals surface area contributed by atoms with Crippen molar-refractivity contribution in [3.8, 4) is 5.75 Å². The minimum atomic E-state index is 0.754. The molecule has 0 spiro atoms. The molecule has 2 aromatic rings. The van der Waals surface area contributed by atoms with Gasteiger partial charge in [0.1, 0.15) is 5.75 Å². The van der Waals surface area contributed by atoms with E-state index in [1.54, 1.807) is 7.11 Å². The number of rotatable bonds is 8. The third-order valence-corrected chi connectivity index (χ3v) is 5.43. The average Bonchev–Trinajstić information content (AvgIpc) is 2.67. The topological polar surface area (TPSA) is 28.6 Å². The smallest absolute Gasteiger partial charge is 0.118 e. The van der Waals surface area contributed by atoms with E-state index in [4.69, 9.17) is 4.74 Å². The highest BCUT2D eigenvalue weighted by molar-refractivity contribution is 5.27. The van der Waals surface area contributed by atoms with Crippen molar-refractivity contribution in [2.45, 2.75) is 32.7 Å². The molecule has 3 rings (SSSR count). The molecule has 0 radical (unpaired) electrons. The average molecular weight is 368 g/mol. The summed E-state index contributed by atoms with van der Waals surface area (Å²) >= 11 is 0. The molecular weight excluding hydrogens is 334 g/mol. The zero-order chi connectivity index (χ0) is 19.1. The maximum absolute atomic E-state index is 5.24. The molecule has 1 aromatic heterocycles. The summed E-state index contributed by atoms with van der Waals surface area (Å²) in [5.41, 5.74) is 3.66. The lowest BCUT2D eigenvalue weighted by Gasteiger charge is -2.34. The normalized spacial score (nSPS) is 18.0. The Morgan fingerprint density at radius 1 is 1.19 bits per heavy atom. The van der Waals surface area contributed by atoms with Gasteiger partial charge in [-0.05, 0) is 75.5 Å². The lowest BCUT2D eigenvalue weighted by atomic mass is 9.97. The lowest BCUT2D eigenvalue weighted by Crippen LogP contribution is -2.40. The van der Waals surface area contributed by atoms with Gasteiger partial charge in [-0.25, -0.2) is 0 Å². The number of hydrogen-bond acceptors (Lipinski definition) is 4. The summed E-state index contributed by atoms with van der Waals surface area (Å²) in [6.45, 7) is 7.73. The number of benzene rings is 1. The highest BCUT2D eigenvalue weighted by Gasteiger charge is 2.21. The molecule has 146 valence electrons. The first-order valence-electron chi connectivity index (χ1n) is 10.1. The van der Waals surface area contributed by atoms with Crippen LogP contribution in [0.15, 0.2) is 42.5 Å². The van der Waals surface area contributed by atoms with E-state index in [2.05, 4.69) is 71.2 Å².